The Balaban J connectivity index is 2.22. The summed E-state index contributed by atoms with van der Waals surface area (Å²) in [5.74, 6) is 0.496. The maximum absolute atomic E-state index is 9.82. The molecule has 3 N–H and O–H groups in total. The number of nitrogens with two attached hydrogens (primary N) is 1. The summed E-state index contributed by atoms with van der Waals surface area (Å²) < 4.78 is 5.37. The molecule has 0 bridgehead atoms. The van der Waals surface area contributed by atoms with Gasteiger partial charge >= 0.3 is 0 Å². The molecule has 0 aliphatic rings. The third-order valence-corrected chi connectivity index (χ3v) is 2.50. The van der Waals surface area contributed by atoms with E-state index in [9.17, 15) is 5.11 Å². The van der Waals surface area contributed by atoms with Gasteiger partial charge in [-0.2, -0.15) is 0 Å². The van der Waals surface area contributed by atoms with E-state index in [1.807, 2.05) is 6.92 Å². The lowest BCUT2D eigenvalue weighted by atomic mass is 10.1. The van der Waals surface area contributed by atoms with Gasteiger partial charge in [-0.1, -0.05) is 6.92 Å². The van der Waals surface area contributed by atoms with Gasteiger partial charge in [0.25, 0.3) is 0 Å². The van der Waals surface area contributed by atoms with Gasteiger partial charge in [0, 0.05) is 24.0 Å². The zero-order chi connectivity index (χ0) is 12.3. The summed E-state index contributed by atoms with van der Waals surface area (Å²) in [6.07, 6.45) is 2.97. The van der Waals surface area contributed by atoms with Gasteiger partial charge in [0.05, 0.1) is 0 Å². The van der Waals surface area contributed by atoms with Crippen molar-refractivity contribution < 1.29 is 9.52 Å². The first-order valence-corrected chi connectivity index (χ1v) is 5.39. The summed E-state index contributed by atoms with van der Waals surface area (Å²) in [5.41, 5.74) is 6.47. The van der Waals surface area contributed by atoms with Crippen LogP contribution in [0.2, 0.25) is 0 Å². The highest BCUT2D eigenvalue weighted by Gasteiger charge is 2.21. The Morgan fingerprint density at radius 1 is 1.35 bits per heavy atom. The number of rotatable bonds is 4. The van der Waals surface area contributed by atoms with Crippen LogP contribution in [0.25, 0.3) is 11.5 Å². The number of aromatic nitrogens is 3. The largest absolute Gasteiger partial charge is 0.418 e. The molecule has 1 unspecified atom stereocenters. The third kappa shape index (κ3) is 2.48. The van der Waals surface area contributed by atoms with E-state index in [1.165, 1.54) is 0 Å². The number of nitrogens with zero attached hydrogens (tertiary/aromatic N) is 3. The van der Waals surface area contributed by atoms with E-state index in [0.29, 0.717) is 12.3 Å². The van der Waals surface area contributed by atoms with Crippen molar-refractivity contribution in [2.45, 2.75) is 25.5 Å². The molecule has 2 atom stereocenters. The van der Waals surface area contributed by atoms with E-state index in [4.69, 9.17) is 10.2 Å². The van der Waals surface area contributed by atoms with Crippen LogP contribution >= 0.6 is 0 Å². The number of pyridine rings is 1. The van der Waals surface area contributed by atoms with Gasteiger partial charge in [0.1, 0.15) is 6.10 Å². The molecule has 0 spiro atoms. The van der Waals surface area contributed by atoms with E-state index < -0.39 is 12.1 Å². The first kappa shape index (κ1) is 11.7. The highest BCUT2D eigenvalue weighted by atomic mass is 16.4. The fourth-order valence-electron chi connectivity index (χ4n) is 1.37. The second-order valence-electron chi connectivity index (χ2n) is 3.70. The summed E-state index contributed by atoms with van der Waals surface area (Å²) in [6.45, 7) is 1.88. The molecule has 0 amide bonds. The van der Waals surface area contributed by atoms with Crippen LogP contribution in [0.4, 0.5) is 0 Å². The molecule has 6 nitrogen and oxygen atoms in total. The zero-order valence-electron chi connectivity index (χ0n) is 9.45. The Bertz CT molecular complexity index is 471. The van der Waals surface area contributed by atoms with Crippen molar-refractivity contribution >= 4 is 0 Å². The molecule has 2 rings (SSSR count). The van der Waals surface area contributed by atoms with Crippen molar-refractivity contribution in [3.63, 3.8) is 0 Å². The second-order valence-corrected chi connectivity index (χ2v) is 3.70. The predicted molar refractivity (Wildman–Crippen MR) is 60.8 cm³/mol. The monoisotopic (exact) mass is 234 g/mol. The zero-order valence-corrected chi connectivity index (χ0v) is 9.45. The summed E-state index contributed by atoms with van der Waals surface area (Å²) >= 11 is 0. The molecule has 0 saturated carbocycles. The van der Waals surface area contributed by atoms with E-state index >= 15 is 0 Å². The van der Waals surface area contributed by atoms with Gasteiger partial charge in [-0.05, 0) is 18.6 Å². The van der Waals surface area contributed by atoms with Crippen LogP contribution in [-0.2, 0) is 0 Å². The van der Waals surface area contributed by atoms with Crippen molar-refractivity contribution in [2.75, 3.05) is 0 Å². The molecule has 0 saturated heterocycles. The van der Waals surface area contributed by atoms with E-state index in [-0.39, 0.29) is 5.89 Å². The third-order valence-electron chi connectivity index (χ3n) is 2.50. The lowest BCUT2D eigenvalue weighted by Gasteiger charge is -2.12. The Morgan fingerprint density at radius 2 is 2.06 bits per heavy atom. The summed E-state index contributed by atoms with van der Waals surface area (Å²) in [5, 5.41) is 17.5. The minimum atomic E-state index is -0.928. The first-order chi connectivity index (χ1) is 8.22. The van der Waals surface area contributed by atoms with Crippen LogP contribution in [0.3, 0.4) is 0 Å². The molecule has 0 fully saturated rings. The summed E-state index contributed by atoms with van der Waals surface area (Å²) in [4.78, 5) is 3.90. The first-order valence-electron chi connectivity index (χ1n) is 5.39. The molecular formula is C11H14N4O2. The maximum Gasteiger partial charge on any atom is 0.248 e. The van der Waals surface area contributed by atoms with Crippen LogP contribution in [0.15, 0.2) is 28.9 Å². The van der Waals surface area contributed by atoms with Crippen LogP contribution in [0.5, 0.6) is 0 Å². The molecule has 2 aromatic rings. The molecular weight excluding hydrogens is 220 g/mol. The SMILES string of the molecule is CC[C@H](N)C(O)c1nnc(-c2ccncc2)o1. The topological polar surface area (TPSA) is 98.1 Å². The molecule has 0 aliphatic heterocycles. The fraction of sp³-hybridized carbons (Fsp3) is 0.364. The van der Waals surface area contributed by atoms with Crippen molar-refractivity contribution in [3.8, 4) is 11.5 Å². The Morgan fingerprint density at radius 3 is 2.71 bits per heavy atom. The standard InChI is InChI=1S/C11H14N4O2/c1-2-8(12)9(16)11-15-14-10(17-11)7-3-5-13-6-4-7/h3-6,8-9,16H,2,12H2,1H3/t8-,9?/m0/s1. The smallest absolute Gasteiger partial charge is 0.248 e. The van der Waals surface area contributed by atoms with Crippen molar-refractivity contribution in [2.24, 2.45) is 5.73 Å². The van der Waals surface area contributed by atoms with Crippen molar-refractivity contribution in [1.82, 2.24) is 15.2 Å². The molecule has 17 heavy (non-hydrogen) atoms. The highest BCUT2D eigenvalue weighted by molar-refractivity contribution is 5.50. The molecule has 6 heteroatoms. The molecule has 90 valence electrons. The van der Waals surface area contributed by atoms with Crippen molar-refractivity contribution in [3.05, 3.63) is 30.4 Å². The molecule has 2 aromatic heterocycles. The molecule has 0 aromatic carbocycles. The van der Waals surface area contributed by atoms with Gasteiger partial charge < -0.3 is 15.3 Å². The Labute approximate surface area is 98.5 Å². The maximum atomic E-state index is 9.82. The number of aliphatic hydroxyl groups is 1. The number of aliphatic hydroxyl groups excluding tert-OH is 1. The quantitative estimate of drug-likeness (QED) is 0.815. The lowest BCUT2D eigenvalue weighted by Crippen LogP contribution is -2.27. The van der Waals surface area contributed by atoms with Gasteiger partial charge in [-0.15, -0.1) is 10.2 Å². The summed E-state index contributed by atoms with van der Waals surface area (Å²) in [7, 11) is 0. The fourth-order valence-corrected chi connectivity index (χ4v) is 1.37. The highest BCUT2D eigenvalue weighted by Crippen LogP contribution is 2.21. The Hall–Kier alpha value is -1.79. The normalized spacial score (nSPS) is 14.5. The minimum Gasteiger partial charge on any atom is -0.418 e. The van der Waals surface area contributed by atoms with Gasteiger partial charge in [-0.25, -0.2) is 0 Å². The molecule has 0 aliphatic carbocycles. The van der Waals surface area contributed by atoms with Crippen LogP contribution < -0.4 is 5.73 Å². The van der Waals surface area contributed by atoms with Crippen LogP contribution in [0, 0.1) is 0 Å². The van der Waals surface area contributed by atoms with Gasteiger partial charge in [0.15, 0.2) is 0 Å². The van der Waals surface area contributed by atoms with Crippen molar-refractivity contribution in [1.29, 1.82) is 0 Å². The van der Waals surface area contributed by atoms with E-state index in [2.05, 4.69) is 15.2 Å². The second kappa shape index (κ2) is 5.03. The van der Waals surface area contributed by atoms with Crippen LogP contribution in [-0.4, -0.2) is 26.3 Å². The molecule has 0 radical (unpaired) electrons. The van der Waals surface area contributed by atoms with Crippen LogP contribution in [0.1, 0.15) is 25.3 Å². The average Bonchev–Trinajstić information content (AvgIpc) is 2.87. The van der Waals surface area contributed by atoms with E-state index in [0.717, 1.165) is 5.56 Å². The number of hydrogen-bond acceptors (Lipinski definition) is 6. The lowest BCUT2D eigenvalue weighted by molar-refractivity contribution is 0.114. The molecule has 2 heterocycles. The van der Waals surface area contributed by atoms with Gasteiger partial charge in [-0.3, -0.25) is 4.98 Å². The minimum absolute atomic E-state index is 0.145. The van der Waals surface area contributed by atoms with E-state index in [1.54, 1.807) is 24.5 Å². The number of hydrogen-bond donors (Lipinski definition) is 2. The summed E-state index contributed by atoms with van der Waals surface area (Å²) in [6, 6.07) is 3.10. The average molecular weight is 234 g/mol. The predicted octanol–water partition coefficient (Wildman–Crippen LogP) is 0.902. The Kier molecular flexibility index (Phi) is 3.46. The van der Waals surface area contributed by atoms with Gasteiger partial charge in [0.2, 0.25) is 11.8 Å².